The number of carbonyl (C=O) groups is 1. The van der Waals surface area contributed by atoms with E-state index in [2.05, 4.69) is 37.2 Å². The number of hydrogen-bond acceptors (Lipinski definition) is 1. The van der Waals surface area contributed by atoms with Crippen LogP contribution in [0.4, 0.5) is 0 Å². The van der Waals surface area contributed by atoms with Crippen LogP contribution in [0.1, 0.15) is 29.6 Å². The first-order chi connectivity index (χ1) is 7.66. The van der Waals surface area contributed by atoms with Crippen molar-refractivity contribution in [1.82, 2.24) is 5.32 Å². The first-order valence-electron chi connectivity index (χ1n) is 5.37. The summed E-state index contributed by atoms with van der Waals surface area (Å²) in [5.74, 6) is 0.0117. The van der Waals surface area contributed by atoms with Crippen LogP contribution in [0.3, 0.4) is 0 Å². The summed E-state index contributed by atoms with van der Waals surface area (Å²) in [5.41, 5.74) is 0.709. The Kier molecular flexibility index (Phi) is 4.03. The van der Waals surface area contributed by atoms with Crippen molar-refractivity contribution in [3.63, 3.8) is 0 Å². The van der Waals surface area contributed by atoms with Gasteiger partial charge in [0.25, 0.3) is 5.91 Å². The minimum Gasteiger partial charge on any atom is -0.348 e. The molecule has 0 heterocycles. The minimum absolute atomic E-state index is 0.0117. The highest BCUT2D eigenvalue weighted by molar-refractivity contribution is 9.10. The second-order valence-electron chi connectivity index (χ2n) is 4.04. The summed E-state index contributed by atoms with van der Waals surface area (Å²) in [5, 5.41) is 3.07. The Morgan fingerprint density at radius 2 is 2.19 bits per heavy atom. The van der Waals surface area contributed by atoms with Crippen LogP contribution in [0, 0.1) is 0 Å². The number of alkyl halides is 1. The summed E-state index contributed by atoms with van der Waals surface area (Å²) in [6.07, 6.45) is 3.39. The second-order valence-corrected chi connectivity index (χ2v) is 6.13. The van der Waals surface area contributed by atoms with Gasteiger partial charge >= 0.3 is 0 Å². The number of nitrogens with one attached hydrogen (secondary N) is 1. The molecule has 0 aliphatic heterocycles. The normalized spacial score (nSPS) is 24.4. The quantitative estimate of drug-likeness (QED) is 0.816. The van der Waals surface area contributed by atoms with E-state index in [9.17, 15) is 4.79 Å². The monoisotopic (exact) mass is 345 g/mol. The van der Waals surface area contributed by atoms with Gasteiger partial charge in [-0.3, -0.25) is 4.79 Å². The van der Waals surface area contributed by atoms with Gasteiger partial charge in [0.1, 0.15) is 0 Å². The molecule has 1 aliphatic carbocycles. The van der Waals surface area contributed by atoms with E-state index in [1.54, 1.807) is 0 Å². The van der Waals surface area contributed by atoms with E-state index in [0.29, 0.717) is 10.4 Å². The molecule has 1 aliphatic rings. The minimum atomic E-state index is 0.0117. The molecule has 2 atom stereocenters. The SMILES string of the molecule is O=C(NC1CCCC1Br)c1cccc(Br)c1. The van der Waals surface area contributed by atoms with E-state index in [1.807, 2.05) is 24.3 Å². The van der Waals surface area contributed by atoms with Crippen LogP contribution >= 0.6 is 31.9 Å². The van der Waals surface area contributed by atoms with Gasteiger partial charge < -0.3 is 5.32 Å². The van der Waals surface area contributed by atoms with Crippen LogP contribution in [0.5, 0.6) is 0 Å². The first kappa shape index (κ1) is 12.1. The van der Waals surface area contributed by atoms with Crippen molar-refractivity contribution >= 4 is 37.8 Å². The highest BCUT2D eigenvalue weighted by Gasteiger charge is 2.26. The number of carbonyl (C=O) groups excluding carboxylic acids is 1. The molecule has 2 nitrogen and oxygen atoms in total. The van der Waals surface area contributed by atoms with E-state index in [4.69, 9.17) is 0 Å². The zero-order chi connectivity index (χ0) is 11.5. The van der Waals surface area contributed by atoms with Gasteiger partial charge in [0.2, 0.25) is 0 Å². The summed E-state index contributed by atoms with van der Waals surface area (Å²) in [7, 11) is 0. The summed E-state index contributed by atoms with van der Waals surface area (Å²) >= 11 is 6.96. The molecular weight excluding hydrogens is 334 g/mol. The molecule has 0 spiro atoms. The van der Waals surface area contributed by atoms with Crippen LogP contribution in [0.25, 0.3) is 0 Å². The molecule has 86 valence electrons. The lowest BCUT2D eigenvalue weighted by Crippen LogP contribution is -2.37. The Balaban J connectivity index is 2.03. The molecule has 2 unspecified atom stereocenters. The van der Waals surface area contributed by atoms with Crippen molar-refractivity contribution in [2.75, 3.05) is 0 Å². The Labute approximate surface area is 112 Å². The smallest absolute Gasteiger partial charge is 0.251 e. The van der Waals surface area contributed by atoms with Crippen molar-refractivity contribution in [3.8, 4) is 0 Å². The Morgan fingerprint density at radius 1 is 1.38 bits per heavy atom. The molecule has 16 heavy (non-hydrogen) atoms. The Hall–Kier alpha value is -0.350. The molecule has 2 rings (SSSR count). The van der Waals surface area contributed by atoms with Gasteiger partial charge in [-0.25, -0.2) is 0 Å². The zero-order valence-electron chi connectivity index (χ0n) is 8.75. The lowest BCUT2D eigenvalue weighted by atomic mass is 10.2. The standard InChI is InChI=1S/C12H13Br2NO/c13-9-4-1-3-8(7-9)12(16)15-11-6-2-5-10(11)14/h1,3-4,7,10-11H,2,5-6H2,(H,15,16). The molecule has 1 amide bonds. The van der Waals surface area contributed by atoms with Crippen LogP contribution in [0.2, 0.25) is 0 Å². The van der Waals surface area contributed by atoms with Gasteiger partial charge in [-0.05, 0) is 31.0 Å². The van der Waals surface area contributed by atoms with E-state index >= 15 is 0 Å². The number of benzene rings is 1. The predicted molar refractivity (Wildman–Crippen MR) is 72.0 cm³/mol. The number of hydrogen-bond donors (Lipinski definition) is 1. The summed E-state index contributed by atoms with van der Waals surface area (Å²) in [6.45, 7) is 0. The van der Waals surface area contributed by atoms with E-state index in [1.165, 1.54) is 6.42 Å². The van der Waals surface area contributed by atoms with Gasteiger partial charge in [-0.2, -0.15) is 0 Å². The van der Waals surface area contributed by atoms with Gasteiger partial charge in [-0.15, -0.1) is 0 Å². The summed E-state index contributed by atoms with van der Waals surface area (Å²) < 4.78 is 0.932. The third-order valence-corrected chi connectivity index (χ3v) is 4.42. The number of amides is 1. The maximum atomic E-state index is 11.9. The predicted octanol–water partition coefficient (Wildman–Crippen LogP) is 3.49. The van der Waals surface area contributed by atoms with Crippen molar-refractivity contribution in [2.45, 2.75) is 30.1 Å². The van der Waals surface area contributed by atoms with E-state index in [0.717, 1.165) is 17.3 Å². The highest BCUT2D eigenvalue weighted by Crippen LogP contribution is 2.25. The molecule has 0 bridgehead atoms. The molecule has 0 aromatic heterocycles. The molecular formula is C12H13Br2NO. The Morgan fingerprint density at radius 3 is 2.81 bits per heavy atom. The van der Waals surface area contributed by atoms with E-state index < -0.39 is 0 Å². The number of rotatable bonds is 2. The van der Waals surface area contributed by atoms with Crippen LogP contribution in [-0.2, 0) is 0 Å². The molecule has 0 saturated heterocycles. The third-order valence-electron chi connectivity index (χ3n) is 2.83. The van der Waals surface area contributed by atoms with E-state index in [-0.39, 0.29) is 11.9 Å². The van der Waals surface area contributed by atoms with Crippen LogP contribution in [-0.4, -0.2) is 16.8 Å². The molecule has 0 radical (unpaired) electrons. The average Bonchev–Trinajstić information content (AvgIpc) is 2.64. The number of halogens is 2. The third kappa shape index (κ3) is 2.86. The van der Waals surface area contributed by atoms with Gasteiger partial charge in [0.15, 0.2) is 0 Å². The lowest BCUT2D eigenvalue weighted by molar-refractivity contribution is 0.0939. The lowest BCUT2D eigenvalue weighted by Gasteiger charge is -2.16. The molecule has 1 fully saturated rings. The maximum absolute atomic E-state index is 11.9. The fraction of sp³-hybridized carbons (Fsp3) is 0.417. The van der Waals surface area contributed by atoms with Crippen molar-refractivity contribution in [1.29, 1.82) is 0 Å². The molecule has 4 heteroatoms. The fourth-order valence-electron chi connectivity index (χ4n) is 1.96. The van der Waals surface area contributed by atoms with Gasteiger partial charge in [-0.1, -0.05) is 44.3 Å². The average molecular weight is 347 g/mol. The topological polar surface area (TPSA) is 29.1 Å². The molecule has 1 N–H and O–H groups in total. The zero-order valence-corrected chi connectivity index (χ0v) is 11.9. The van der Waals surface area contributed by atoms with Gasteiger partial charge in [0.05, 0.1) is 0 Å². The van der Waals surface area contributed by atoms with Crippen molar-refractivity contribution in [3.05, 3.63) is 34.3 Å². The maximum Gasteiger partial charge on any atom is 0.251 e. The molecule has 1 aromatic rings. The first-order valence-corrected chi connectivity index (χ1v) is 7.08. The Bertz CT molecular complexity index is 394. The molecule has 1 saturated carbocycles. The highest BCUT2D eigenvalue weighted by atomic mass is 79.9. The van der Waals surface area contributed by atoms with Gasteiger partial charge in [0, 0.05) is 20.9 Å². The largest absolute Gasteiger partial charge is 0.348 e. The fourth-order valence-corrected chi connectivity index (χ4v) is 3.08. The molecule has 1 aromatic carbocycles. The second kappa shape index (κ2) is 5.32. The van der Waals surface area contributed by atoms with Crippen LogP contribution < -0.4 is 5.32 Å². The summed E-state index contributed by atoms with van der Waals surface area (Å²) in [6, 6.07) is 7.73. The van der Waals surface area contributed by atoms with Crippen molar-refractivity contribution in [2.24, 2.45) is 0 Å². The van der Waals surface area contributed by atoms with Crippen LogP contribution in [0.15, 0.2) is 28.7 Å². The van der Waals surface area contributed by atoms with Crippen molar-refractivity contribution < 1.29 is 4.79 Å². The summed E-state index contributed by atoms with van der Waals surface area (Å²) in [4.78, 5) is 12.4.